The number of nitrogens with zero attached hydrogens (tertiary/aromatic N) is 2. The van der Waals surface area contributed by atoms with E-state index in [1.165, 1.54) is 4.88 Å². The van der Waals surface area contributed by atoms with Gasteiger partial charge >= 0.3 is 0 Å². The van der Waals surface area contributed by atoms with E-state index in [-0.39, 0.29) is 0 Å². The van der Waals surface area contributed by atoms with Gasteiger partial charge in [0.25, 0.3) is 0 Å². The maximum Gasteiger partial charge on any atom is 0.225 e. The summed E-state index contributed by atoms with van der Waals surface area (Å²) in [5, 5.41) is 3.70. The first-order chi connectivity index (χ1) is 10.2. The van der Waals surface area contributed by atoms with Crippen LogP contribution in [0.25, 0.3) is 0 Å². The highest BCUT2D eigenvalue weighted by atomic mass is 32.1. The lowest BCUT2D eigenvalue weighted by Crippen LogP contribution is -2.51. The highest BCUT2D eigenvalue weighted by Crippen LogP contribution is 2.33. The smallest absolute Gasteiger partial charge is 0.225 e. The monoisotopic (exact) mass is 307 g/mol. The summed E-state index contributed by atoms with van der Waals surface area (Å²) in [5.41, 5.74) is 3.06. The van der Waals surface area contributed by atoms with Crippen molar-refractivity contribution in [3.8, 4) is 0 Å². The maximum absolute atomic E-state index is 12.2. The molecular weight excluding hydrogens is 282 g/mol. The molecule has 0 unspecified atom stereocenters. The van der Waals surface area contributed by atoms with E-state index >= 15 is 0 Å². The van der Waals surface area contributed by atoms with Crippen LogP contribution in [0.5, 0.6) is 0 Å². The van der Waals surface area contributed by atoms with Crippen LogP contribution < -0.4 is 5.32 Å². The molecule has 4 nitrogen and oxygen atoms in total. The molecule has 0 aromatic carbocycles. The average Bonchev–Trinajstić information content (AvgIpc) is 3.27. The van der Waals surface area contributed by atoms with E-state index in [0.717, 1.165) is 51.0 Å². The van der Waals surface area contributed by atoms with E-state index in [0.29, 0.717) is 23.8 Å². The van der Waals surface area contributed by atoms with Gasteiger partial charge in [-0.05, 0) is 32.1 Å². The van der Waals surface area contributed by atoms with Gasteiger partial charge in [-0.15, -0.1) is 11.3 Å². The minimum atomic E-state index is 0.354. The molecule has 1 aromatic heterocycles. The summed E-state index contributed by atoms with van der Waals surface area (Å²) < 4.78 is 0. The highest BCUT2D eigenvalue weighted by molar-refractivity contribution is 7.09. The summed E-state index contributed by atoms with van der Waals surface area (Å²) in [6, 6.07) is 0.528. The SMILES string of the molecule is CC[C@@H]1CN(C(=O)C2CC2)CC[C@H]1NCc1scnc1C. The van der Waals surface area contributed by atoms with Crippen LogP contribution in [-0.2, 0) is 11.3 Å². The van der Waals surface area contributed by atoms with E-state index in [2.05, 4.69) is 29.0 Å². The van der Waals surface area contributed by atoms with Gasteiger partial charge in [0.2, 0.25) is 5.91 Å². The number of rotatable bonds is 5. The molecule has 2 aliphatic rings. The summed E-state index contributed by atoms with van der Waals surface area (Å²) >= 11 is 1.73. The number of amides is 1. The van der Waals surface area contributed by atoms with Gasteiger partial charge in [-0.25, -0.2) is 4.98 Å². The number of likely N-dealkylation sites (tertiary alicyclic amines) is 1. The average molecular weight is 307 g/mol. The first kappa shape index (κ1) is 15.0. The Morgan fingerprint density at radius 3 is 2.90 bits per heavy atom. The van der Waals surface area contributed by atoms with Crippen LogP contribution in [0.15, 0.2) is 5.51 Å². The van der Waals surface area contributed by atoms with Crippen molar-refractivity contribution in [2.45, 2.75) is 52.1 Å². The Morgan fingerprint density at radius 1 is 1.48 bits per heavy atom. The molecule has 116 valence electrons. The Labute approximate surface area is 130 Å². The van der Waals surface area contributed by atoms with Crippen LogP contribution in [0.2, 0.25) is 0 Å². The van der Waals surface area contributed by atoms with E-state index in [1.807, 2.05) is 5.51 Å². The van der Waals surface area contributed by atoms with Crippen molar-refractivity contribution in [2.24, 2.45) is 11.8 Å². The van der Waals surface area contributed by atoms with E-state index in [1.54, 1.807) is 11.3 Å². The van der Waals surface area contributed by atoms with E-state index < -0.39 is 0 Å². The number of hydrogen-bond acceptors (Lipinski definition) is 4. The Balaban J connectivity index is 1.54. The predicted octanol–water partition coefficient (Wildman–Crippen LogP) is 2.58. The van der Waals surface area contributed by atoms with E-state index in [9.17, 15) is 4.79 Å². The third kappa shape index (κ3) is 3.46. The number of aryl methyl sites for hydroxylation is 1. The third-order valence-electron chi connectivity index (χ3n) is 4.87. The first-order valence-corrected chi connectivity index (χ1v) is 8.98. The summed E-state index contributed by atoms with van der Waals surface area (Å²) in [6.07, 6.45) is 4.43. The molecule has 0 bridgehead atoms. The molecule has 3 rings (SSSR count). The lowest BCUT2D eigenvalue weighted by molar-refractivity contribution is -0.134. The fourth-order valence-electron chi connectivity index (χ4n) is 3.22. The van der Waals surface area contributed by atoms with Crippen molar-refractivity contribution in [3.63, 3.8) is 0 Å². The number of nitrogens with one attached hydrogen (secondary N) is 1. The van der Waals surface area contributed by atoms with Gasteiger partial charge in [0.05, 0.1) is 11.2 Å². The molecule has 1 N–H and O–H groups in total. The zero-order chi connectivity index (χ0) is 14.8. The molecule has 0 spiro atoms. The molecule has 1 aromatic rings. The molecule has 2 heterocycles. The van der Waals surface area contributed by atoms with Crippen molar-refractivity contribution >= 4 is 17.2 Å². The lowest BCUT2D eigenvalue weighted by atomic mass is 9.89. The second kappa shape index (κ2) is 6.44. The molecule has 1 saturated carbocycles. The topological polar surface area (TPSA) is 45.2 Å². The lowest BCUT2D eigenvalue weighted by Gasteiger charge is -2.39. The van der Waals surface area contributed by atoms with Crippen LogP contribution in [0.4, 0.5) is 0 Å². The summed E-state index contributed by atoms with van der Waals surface area (Å²) in [5.74, 6) is 1.34. The maximum atomic E-state index is 12.2. The van der Waals surface area contributed by atoms with Gasteiger partial charge < -0.3 is 10.2 Å². The van der Waals surface area contributed by atoms with Gasteiger partial charge in [0.1, 0.15) is 0 Å². The molecule has 2 fully saturated rings. The van der Waals surface area contributed by atoms with Crippen LogP contribution in [-0.4, -0.2) is 34.9 Å². The van der Waals surface area contributed by atoms with Crippen molar-refractivity contribution in [1.82, 2.24) is 15.2 Å². The number of piperidine rings is 1. The standard InChI is InChI=1S/C16H25N3OS/c1-3-12-9-19(16(20)13-4-5-13)7-6-14(12)17-8-15-11(2)18-10-21-15/h10,12-14,17H,3-9H2,1-2H3/t12-,14-/m1/s1. The van der Waals surface area contributed by atoms with Gasteiger partial charge in [0, 0.05) is 36.5 Å². The summed E-state index contributed by atoms with van der Waals surface area (Å²) in [7, 11) is 0. The minimum absolute atomic E-state index is 0.354. The molecule has 21 heavy (non-hydrogen) atoms. The molecule has 0 radical (unpaired) electrons. The van der Waals surface area contributed by atoms with Crippen molar-refractivity contribution in [3.05, 3.63) is 16.1 Å². The number of aromatic nitrogens is 1. The molecule has 1 aliphatic heterocycles. The minimum Gasteiger partial charge on any atom is -0.342 e. The van der Waals surface area contributed by atoms with Crippen LogP contribution >= 0.6 is 11.3 Å². The Kier molecular flexibility index (Phi) is 4.60. The van der Waals surface area contributed by atoms with Crippen molar-refractivity contribution in [2.75, 3.05) is 13.1 Å². The molecule has 1 saturated heterocycles. The number of thiazole rings is 1. The highest BCUT2D eigenvalue weighted by Gasteiger charge is 2.37. The largest absolute Gasteiger partial charge is 0.342 e. The molecule has 1 amide bonds. The zero-order valence-corrected chi connectivity index (χ0v) is 13.8. The zero-order valence-electron chi connectivity index (χ0n) is 13.0. The summed E-state index contributed by atoms with van der Waals surface area (Å²) in [4.78, 5) is 20.0. The van der Waals surface area contributed by atoms with Gasteiger partial charge in [0.15, 0.2) is 0 Å². The summed E-state index contributed by atoms with van der Waals surface area (Å²) in [6.45, 7) is 7.08. The number of carbonyl (C=O) groups excluding carboxylic acids is 1. The number of carbonyl (C=O) groups is 1. The van der Waals surface area contributed by atoms with Crippen LogP contribution in [0, 0.1) is 18.8 Å². The normalized spacial score (nSPS) is 26.1. The Morgan fingerprint density at radius 2 is 2.29 bits per heavy atom. The molecular formula is C16H25N3OS. The molecule has 1 aliphatic carbocycles. The second-order valence-electron chi connectivity index (χ2n) is 6.36. The fourth-order valence-corrected chi connectivity index (χ4v) is 3.95. The van der Waals surface area contributed by atoms with Crippen molar-refractivity contribution < 1.29 is 4.79 Å². The van der Waals surface area contributed by atoms with Gasteiger partial charge in [-0.1, -0.05) is 13.3 Å². The Bertz CT molecular complexity index is 497. The molecule has 5 heteroatoms. The second-order valence-corrected chi connectivity index (χ2v) is 7.30. The predicted molar refractivity (Wildman–Crippen MR) is 85.2 cm³/mol. The van der Waals surface area contributed by atoms with Crippen LogP contribution in [0.1, 0.15) is 43.2 Å². The van der Waals surface area contributed by atoms with Crippen LogP contribution in [0.3, 0.4) is 0 Å². The van der Waals surface area contributed by atoms with E-state index in [4.69, 9.17) is 0 Å². The van der Waals surface area contributed by atoms with Gasteiger partial charge in [-0.3, -0.25) is 4.79 Å². The first-order valence-electron chi connectivity index (χ1n) is 8.10. The fraction of sp³-hybridized carbons (Fsp3) is 0.750. The number of hydrogen-bond donors (Lipinski definition) is 1. The van der Waals surface area contributed by atoms with Crippen molar-refractivity contribution in [1.29, 1.82) is 0 Å². The Hall–Kier alpha value is -0.940. The van der Waals surface area contributed by atoms with Gasteiger partial charge in [-0.2, -0.15) is 0 Å². The quantitative estimate of drug-likeness (QED) is 0.909. The third-order valence-corrected chi connectivity index (χ3v) is 5.80. The molecule has 2 atom stereocenters.